The Kier molecular flexibility index (Phi) is 4.78. The second-order valence-electron chi connectivity index (χ2n) is 4.73. The van der Waals surface area contributed by atoms with Crippen molar-refractivity contribution in [3.05, 3.63) is 71.8 Å². The molecule has 0 bridgehead atoms. The van der Waals surface area contributed by atoms with Gasteiger partial charge < -0.3 is 5.32 Å². The highest BCUT2D eigenvalue weighted by atomic mass is 14.9. The molecule has 0 heterocycles. The minimum Gasteiger partial charge on any atom is -0.303 e. The number of hydrogen-bond acceptors (Lipinski definition) is 1. The predicted molar refractivity (Wildman–Crippen MR) is 80.8 cm³/mol. The van der Waals surface area contributed by atoms with Crippen LogP contribution in [0.25, 0.3) is 0 Å². The molecule has 1 N–H and O–H groups in total. The molecule has 96 valence electrons. The zero-order valence-electron chi connectivity index (χ0n) is 11.2. The first-order valence-electron chi connectivity index (χ1n) is 6.60. The summed E-state index contributed by atoms with van der Waals surface area (Å²) in [7, 11) is 0. The molecule has 0 radical (unpaired) electrons. The summed E-state index contributed by atoms with van der Waals surface area (Å²) in [5.74, 6) is 2.71. The zero-order valence-corrected chi connectivity index (χ0v) is 11.2. The van der Waals surface area contributed by atoms with Crippen molar-refractivity contribution in [3.8, 4) is 12.3 Å². The van der Waals surface area contributed by atoms with Gasteiger partial charge in [0.15, 0.2) is 0 Å². The summed E-state index contributed by atoms with van der Waals surface area (Å²) in [5.41, 5.74) is 2.52. The third-order valence-electron chi connectivity index (χ3n) is 3.14. The number of rotatable bonds is 5. The molecule has 2 rings (SSSR count). The molecule has 0 aromatic heterocycles. The first-order chi connectivity index (χ1) is 9.31. The number of benzene rings is 2. The van der Waals surface area contributed by atoms with Crippen molar-refractivity contribution in [1.82, 2.24) is 5.32 Å². The summed E-state index contributed by atoms with van der Waals surface area (Å²) >= 11 is 0. The standard InChI is InChI=1S/C18H19N/c1-3-10-15(2)19-18(16-11-6-4-7-12-16)17-13-8-5-9-14-17/h1,4-9,11-15,18-19H,10H2,2H3. The van der Waals surface area contributed by atoms with Gasteiger partial charge in [0.25, 0.3) is 0 Å². The average Bonchev–Trinajstić information content (AvgIpc) is 2.47. The first kappa shape index (κ1) is 13.4. The molecule has 0 saturated heterocycles. The molecule has 0 spiro atoms. The van der Waals surface area contributed by atoms with E-state index >= 15 is 0 Å². The highest BCUT2D eigenvalue weighted by molar-refractivity contribution is 5.31. The Morgan fingerprint density at radius 1 is 0.947 bits per heavy atom. The molecule has 0 aliphatic heterocycles. The Morgan fingerprint density at radius 2 is 1.42 bits per heavy atom. The summed E-state index contributed by atoms with van der Waals surface area (Å²) in [6, 6.07) is 21.4. The van der Waals surface area contributed by atoms with E-state index in [9.17, 15) is 0 Å². The summed E-state index contributed by atoms with van der Waals surface area (Å²) < 4.78 is 0. The van der Waals surface area contributed by atoms with Gasteiger partial charge in [-0.3, -0.25) is 0 Å². The van der Waals surface area contributed by atoms with Gasteiger partial charge in [-0.25, -0.2) is 0 Å². The third-order valence-corrected chi connectivity index (χ3v) is 3.14. The molecule has 2 aromatic carbocycles. The lowest BCUT2D eigenvalue weighted by Crippen LogP contribution is -2.31. The summed E-state index contributed by atoms with van der Waals surface area (Å²) in [4.78, 5) is 0. The molecule has 19 heavy (non-hydrogen) atoms. The van der Waals surface area contributed by atoms with Crippen LogP contribution in [0.15, 0.2) is 60.7 Å². The average molecular weight is 249 g/mol. The summed E-state index contributed by atoms with van der Waals surface area (Å²) in [5, 5.41) is 3.61. The van der Waals surface area contributed by atoms with Crippen LogP contribution in [0.1, 0.15) is 30.5 Å². The van der Waals surface area contributed by atoms with Gasteiger partial charge >= 0.3 is 0 Å². The van der Waals surface area contributed by atoms with E-state index < -0.39 is 0 Å². The minimum absolute atomic E-state index is 0.186. The van der Waals surface area contributed by atoms with Crippen LogP contribution in [-0.2, 0) is 0 Å². The number of terminal acetylenes is 1. The number of nitrogens with one attached hydrogen (secondary N) is 1. The second-order valence-corrected chi connectivity index (χ2v) is 4.73. The smallest absolute Gasteiger partial charge is 0.0579 e. The van der Waals surface area contributed by atoms with Gasteiger partial charge in [0, 0.05) is 12.5 Å². The van der Waals surface area contributed by atoms with Crippen molar-refractivity contribution in [2.75, 3.05) is 0 Å². The van der Waals surface area contributed by atoms with Crippen molar-refractivity contribution in [1.29, 1.82) is 0 Å². The molecule has 1 heteroatoms. The quantitative estimate of drug-likeness (QED) is 0.795. The van der Waals surface area contributed by atoms with Crippen LogP contribution < -0.4 is 5.32 Å². The van der Waals surface area contributed by atoms with E-state index in [1.165, 1.54) is 11.1 Å². The summed E-state index contributed by atoms with van der Waals surface area (Å²) in [6.07, 6.45) is 6.12. The molecular weight excluding hydrogens is 230 g/mol. The lowest BCUT2D eigenvalue weighted by molar-refractivity contribution is 0.506. The van der Waals surface area contributed by atoms with Crippen LogP contribution in [0.5, 0.6) is 0 Å². The van der Waals surface area contributed by atoms with Crippen molar-refractivity contribution < 1.29 is 0 Å². The molecule has 1 unspecified atom stereocenters. The van der Waals surface area contributed by atoms with Crippen LogP contribution in [0.4, 0.5) is 0 Å². The first-order valence-corrected chi connectivity index (χ1v) is 6.60. The second kappa shape index (κ2) is 6.78. The fourth-order valence-corrected chi connectivity index (χ4v) is 2.20. The van der Waals surface area contributed by atoms with Crippen LogP contribution in [0, 0.1) is 12.3 Å². The van der Waals surface area contributed by atoms with Gasteiger partial charge in [-0.1, -0.05) is 60.7 Å². The fraction of sp³-hybridized carbons (Fsp3) is 0.222. The molecule has 0 aliphatic carbocycles. The number of hydrogen-bond donors (Lipinski definition) is 1. The molecule has 2 aromatic rings. The molecular formula is C18H19N. The van der Waals surface area contributed by atoms with Gasteiger partial charge in [-0.2, -0.15) is 0 Å². The van der Waals surface area contributed by atoms with E-state index in [1.807, 2.05) is 12.1 Å². The fourth-order valence-electron chi connectivity index (χ4n) is 2.20. The lowest BCUT2D eigenvalue weighted by Gasteiger charge is -2.23. The maximum atomic E-state index is 5.39. The molecule has 0 aliphatic rings. The molecule has 0 saturated carbocycles. The van der Waals surface area contributed by atoms with Gasteiger partial charge in [0.2, 0.25) is 0 Å². The van der Waals surface area contributed by atoms with Crippen molar-refractivity contribution in [2.45, 2.75) is 25.4 Å². The van der Waals surface area contributed by atoms with Gasteiger partial charge in [0.05, 0.1) is 6.04 Å². The Labute approximate surface area is 115 Å². The Bertz CT molecular complexity index is 485. The van der Waals surface area contributed by atoms with E-state index in [0.717, 1.165) is 6.42 Å². The van der Waals surface area contributed by atoms with Gasteiger partial charge in [-0.15, -0.1) is 12.3 Å². The van der Waals surface area contributed by atoms with Crippen molar-refractivity contribution in [3.63, 3.8) is 0 Å². The van der Waals surface area contributed by atoms with E-state index in [0.29, 0.717) is 0 Å². The monoisotopic (exact) mass is 249 g/mol. The Balaban J connectivity index is 2.27. The van der Waals surface area contributed by atoms with Crippen molar-refractivity contribution in [2.24, 2.45) is 0 Å². The minimum atomic E-state index is 0.186. The van der Waals surface area contributed by atoms with Crippen LogP contribution in [0.3, 0.4) is 0 Å². The Hall–Kier alpha value is -2.04. The van der Waals surface area contributed by atoms with Crippen LogP contribution in [-0.4, -0.2) is 6.04 Å². The van der Waals surface area contributed by atoms with E-state index in [-0.39, 0.29) is 12.1 Å². The normalized spacial score (nSPS) is 12.1. The summed E-state index contributed by atoms with van der Waals surface area (Å²) in [6.45, 7) is 2.12. The van der Waals surface area contributed by atoms with Gasteiger partial charge in [0.1, 0.15) is 0 Å². The van der Waals surface area contributed by atoms with Crippen LogP contribution >= 0.6 is 0 Å². The Morgan fingerprint density at radius 3 is 1.84 bits per heavy atom. The largest absolute Gasteiger partial charge is 0.303 e. The maximum absolute atomic E-state index is 5.39. The highest BCUT2D eigenvalue weighted by Crippen LogP contribution is 2.22. The highest BCUT2D eigenvalue weighted by Gasteiger charge is 2.15. The predicted octanol–water partition coefficient (Wildman–Crippen LogP) is 3.78. The lowest BCUT2D eigenvalue weighted by atomic mass is 9.97. The maximum Gasteiger partial charge on any atom is 0.0579 e. The zero-order chi connectivity index (χ0) is 13.5. The molecule has 1 nitrogen and oxygen atoms in total. The molecule has 0 amide bonds. The SMILES string of the molecule is C#CCC(C)NC(c1ccccc1)c1ccccc1. The molecule has 0 fully saturated rings. The van der Waals surface area contributed by atoms with E-state index in [4.69, 9.17) is 6.42 Å². The third kappa shape index (κ3) is 3.71. The molecule has 1 atom stereocenters. The van der Waals surface area contributed by atoms with Crippen molar-refractivity contribution >= 4 is 0 Å². The van der Waals surface area contributed by atoms with Gasteiger partial charge in [-0.05, 0) is 18.1 Å². The topological polar surface area (TPSA) is 12.0 Å². The van der Waals surface area contributed by atoms with E-state index in [2.05, 4.69) is 66.7 Å². The van der Waals surface area contributed by atoms with Crippen LogP contribution in [0.2, 0.25) is 0 Å². The van der Waals surface area contributed by atoms with E-state index in [1.54, 1.807) is 0 Å².